The van der Waals surface area contributed by atoms with Gasteiger partial charge in [0.1, 0.15) is 22.9 Å². The van der Waals surface area contributed by atoms with Crippen LogP contribution in [0.25, 0.3) is 56.3 Å². The Hall–Kier alpha value is -7.40. The van der Waals surface area contributed by atoms with E-state index in [2.05, 4.69) is 66.3 Å². The summed E-state index contributed by atoms with van der Waals surface area (Å²) < 4.78 is 167. The molecule has 8 aromatic rings. The van der Waals surface area contributed by atoms with Crippen molar-refractivity contribution in [3.63, 3.8) is 0 Å². The number of allylic oxidation sites excluding steroid dienone is 4. The van der Waals surface area contributed by atoms with Gasteiger partial charge in [0.2, 0.25) is 0 Å². The van der Waals surface area contributed by atoms with Crippen LogP contribution in [0.1, 0.15) is 92.3 Å². The van der Waals surface area contributed by atoms with E-state index in [0.29, 0.717) is 94.3 Å². The lowest BCUT2D eigenvalue weighted by Crippen LogP contribution is -2.41. The summed E-state index contributed by atoms with van der Waals surface area (Å²) in [5, 5.41) is 19.0. The van der Waals surface area contributed by atoms with Crippen LogP contribution >= 0.6 is 55.1 Å². The lowest BCUT2D eigenvalue weighted by molar-refractivity contribution is -0.275. The number of aliphatic imine (C=N–C) groups is 2. The van der Waals surface area contributed by atoms with Gasteiger partial charge in [-0.2, -0.15) is 0 Å². The number of alkyl halides is 6. The van der Waals surface area contributed by atoms with Crippen LogP contribution in [-0.4, -0.2) is 116 Å². The van der Waals surface area contributed by atoms with Crippen molar-refractivity contribution in [3.05, 3.63) is 169 Å². The van der Waals surface area contributed by atoms with Crippen LogP contribution in [0.15, 0.2) is 174 Å². The molecule has 35 heteroatoms. The highest BCUT2D eigenvalue weighted by Gasteiger charge is 2.64. The molecule has 0 bridgehead atoms. The summed E-state index contributed by atoms with van der Waals surface area (Å²) >= 11 is 18.8. The van der Waals surface area contributed by atoms with E-state index in [1.807, 2.05) is 55.4 Å². The highest BCUT2D eigenvalue weighted by atomic mass is 79.9. The molecular formula is C69H73B2Br2Cl2F6N7O14S2. The Kier molecular flexibility index (Phi) is 26.7. The molecule has 3 aromatic heterocycles. The molecule has 0 atom stereocenters. The van der Waals surface area contributed by atoms with Gasteiger partial charge in [-0.25, -0.2) is 26.8 Å². The van der Waals surface area contributed by atoms with Crippen LogP contribution in [0.3, 0.4) is 0 Å². The standard InChI is InChI=1S/C28H24ClF3N4O5S.C21H16BrClF3N3O2.C12H24B2O4.C8H9BrO3S/c1-15(33)22(29)13-35-23-9-6-18(19-11-25(42(3,38)39)24(14-37)34-12-19)10-21(23)27-26(36-16(2)40-27)17-4-7-20(8-5-17)41-28(30,31)32;1-11(27)17(23)10-28-18-8-5-14(22)9-16(18)20-19(29-12(2)30-20)13-3-6-15(7-4-13)31-21(24,25)26;1-9(2)10(3,4)16-13(15-9)14-17-11(5,6)12(7,8)18-14;1-13(11,12)8-4-7(9)3-2-6(8)5-10/h4-13,37H,14,33H2,1-3H3;3-10H,27H2,1-2H3;1-8H3;2-4,10H,5H2,1H3. The number of pyridine rings is 1. The first kappa shape index (κ1) is 83.9. The molecule has 0 amide bonds. The second kappa shape index (κ2) is 33.2. The predicted molar refractivity (Wildman–Crippen MR) is 395 cm³/mol. The van der Waals surface area contributed by atoms with Gasteiger partial charge >= 0.3 is 26.7 Å². The quantitative estimate of drug-likeness (QED) is 0.0397. The van der Waals surface area contributed by atoms with E-state index in [0.717, 1.165) is 29.1 Å². The van der Waals surface area contributed by atoms with Gasteiger partial charge in [0.25, 0.3) is 0 Å². The summed E-state index contributed by atoms with van der Waals surface area (Å²) in [5.41, 5.74) is 15.8. The normalized spacial score (nSPS) is 16.1. The molecule has 5 aromatic carbocycles. The number of aliphatic hydroxyl groups excluding tert-OH is 2. The molecule has 2 fully saturated rings. The predicted octanol–water partition coefficient (Wildman–Crippen LogP) is 17.0. The topological polar surface area (TPSA) is 306 Å². The minimum atomic E-state index is -4.84. The molecule has 2 saturated heterocycles. The van der Waals surface area contributed by atoms with Crippen LogP contribution in [0.5, 0.6) is 11.5 Å². The third kappa shape index (κ3) is 21.9. The molecule has 556 valence electrons. The SMILES string of the molecule is CC(N)=C(Cl)C=Nc1ccc(-c2cnc(CO)c(S(C)(=O)=O)c2)cc1-c1oc(C)nc1-c1ccc(OC(F)(F)F)cc1.CC(N)=C(Cl)C=Nc1ccc(Br)cc1-c1oc(C)nc1-c1ccc(OC(F)(F)F)cc1.CC1(C)OB(B2OC(C)(C)C(C)(C)O2)OC1(C)C.CS(=O)(=O)c1cc(Br)ccc1CO. The van der Waals surface area contributed by atoms with E-state index < -0.39 is 58.8 Å². The molecule has 104 heavy (non-hydrogen) atoms. The van der Waals surface area contributed by atoms with E-state index in [4.69, 9.17) is 67.2 Å². The van der Waals surface area contributed by atoms with Gasteiger partial charge in [-0.1, -0.05) is 67.2 Å². The molecule has 0 aliphatic carbocycles. The van der Waals surface area contributed by atoms with E-state index in [1.54, 1.807) is 76.2 Å². The van der Waals surface area contributed by atoms with E-state index in [9.17, 15) is 48.3 Å². The second-order valence-electron chi connectivity index (χ2n) is 25.5. The Morgan fingerprint density at radius 3 is 1.31 bits per heavy atom. The first-order valence-electron chi connectivity index (χ1n) is 31.1. The van der Waals surface area contributed by atoms with Crippen molar-refractivity contribution in [2.24, 2.45) is 21.5 Å². The number of aromatic nitrogens is 3. The van der Waals surface area contributed by atoms with E-state index in [-0.39, 0.29) is 66.9 Å². The molecule has 10 rings (SSSR count). The number of nitrogens with two attached hydrogens (primary N) is 2. The smallest absolute Gasteiger partial charge is 0.440 e. The number of sulfone groups is 2. The number of oxazole rings is 2. The summed E-state index contributed by atoms with van der Waals surface area (Å²) in [6.07, 6.45) is -3.28. The summed E-state index contributed by atoms with van der Waals surface area (Å²) in [6, 6.07) is 27.0. The lowest BCUT2D eigenvalue weighted by atomic mass is 9.49. The van der Waals surface area contributed by atoms with Crippen molar-refractivity contribution < 1.29 is 90.3 Å². The number of hydrogen-bond acceptors (Lipinski definition) is 21. The Labute approximate surface area is 625 Å². The van der Waals surface area contributed by atoms with Gasteiger partial charge in [0.05, 0.1) is 72.5 Å². The Morgan fingerprint density at radius 2 is 0.933 bits per heavy atom. The van der Waals surface area contributed by atoms with Crippen LogP contribution in [0.2, 0.25) is 0 Å². The number of rotatable bonds is 16. The maximum absolute atomic E-state index is 12.7. The average molecular weight is 1650 g/mol. The van der Waals surface area contributed by atoms with Crippen molar-refractivity contribution in [1.82, 2.24) is 15.0 Å². The first-order valence-corrected chi connectivity index (χ1v) is 37.2. The highest BCUT2D eigenvalue weighted by molar-refractivity contribution is 9.10. The number of benzene rings is 5. The van der Waals surface area contributed by atoms with Crippen LogP contribution in [-0.2, 0) is 51.5 Å². The van der Waals surface area contributed by atoms with Crippen LogP contribution in [0.4, 0.5) is 37.7 Å². The van der Waals surface area contributed by atoms with Crippen LogP contribution < -0.4 is 20.9 Å². The minimum Gasteiger partial charge on any atom is -0.440 e. The maximum Gasteiger partial charge on any atom is 0.573 e. The molecule has 0 radical (unpaired) electrons. The molecular weight excluding hydrogens is 1580 g/mol. The lowest BCUT2D eigenvalue weighted by Gasteiger charge is -2.32. The van der Waals surface area contributed by atoms with Gasteiger partial charge in [-0.3, -0.25) is 15.0 Å². The number of aryl methyl sites for hydroxylation is 2. The zero-order valence-corrected chi connectivity index (χ0v) is 64.8. The van der Waals surface area contributed by atoms with Gasteiger partial charge in [-0.05, 0) is 177 Å². The largest absolute Gasteiger partial charge is 0.573 e. The van der Waals surface area contributed by atoms with Crippen LogP contribution in [0, 0.1) is 13.8 Å². The fourth-order valence-corrected chi connectivity index (χ4v) is 12.4. The summed E-state index contributed by atoms with van der Waals surface area (Å²) in [6.45, 7) is 21.9. The molecule has 2 aliphatic rings. The molecule has 5 heterocycles. The van der Waals surface area contributed by atoms with E-state index in [1.165, 1.54) is 67.2 Å². The summed E-state index contributed by atoms with van der Waals surface area (Å²) in [7, 11) is -7.92. The van der Waals surface area contributed by atoms with Gasteiger partial charge in [0.15, 0.2) is 43.0 Å². The zero-order valence-electron chi connectivity index (χ0n) is 58.5. The Bertz CT molecular complexity index is 4740. The monoisotopic (exact) mass is 1650 g/mol. The molecule has 6 N–H and O–H groups in total. The molecule has 0 unspecified atom stereocenters. The highest BCUT2D eigenvalue weighted by Crippen LogP contribution is 2.46. The fourth-order valence-electron chi connectivity index (χ4n) is 9.58. The van der Waals surface area contributed by atoms with E-state index >= 15 is 0 Å². The maximum atomic E-state index is 12.7. The summed E-state index contributed by atoms with van der Waals surface area (Å²) in [5.74, 6) is 0.550. The number of halogens is 10. The van der Waals surface area contributed by atoms with Gasteiger partial charge in [-0.15, -0.1) is 26.3 Å². The second-order valence-corrected chi connectivity index (χ2v) is 32.1. The fraction of sp³-hybridized carbons (Fsp3) is 0.319. The molecule has 21 nitrogen and oxygen atoms in total. The number of hydrogen-bond donors (Lipinski definition) is 4. The summed E-state index contributed by atoms with van der Waals surface area (Å²) in [4.78, 5) is 21.9. The third-order valence-electron chi connectivity index (χ3n) is 16.2. The molecule has 0 saturated carbocycles. The Morgan fingerprint density at radius 1 is 0.558 bits per heavy atom. The van der Waals surface area contributed by atoms with Gasteiger partial charge < -0.3 is 58.6 Å². The van der Waals surface area contributed by atoms with Crippen molar-refractivity contribution >= 4 is 113 Å². The van der Waals surface area contributed by atoms with Crippen molar-refractivity contribution in [3.8, 4) is 67.8 Å². The van der Waals surface area contributed by atoms with Gasteiger partial charge in [0, 0.05) is 93.1 Å². The van der Waals surface area contributed by atoms with Crippen molar-refractivity contribution in [2.75, 3.05) is 12.5 Å². The van der Waals surface area contributed by atoms with Crippen molar-refractivity contribution in [1.29, 1.82) is 0 Å². The Balaban J connectivity index is 0.000000212. The minimum absolute atomic E-state index is 0.00683. The van der Waals surface area contributed by atoms with Crippen molar-refractivity contribution in [2.45, 2.75) is 141 Å². The zero-order chi connectivity index (χ0) is 77.6. The number of nitrogens with zero attached hydrogens (tertiary/aromatic N) is 5. The number of aliphatic hydroxyl groups is 2. The number of ether oxygens (including phenoxy) is 2. The molecule has 2 aliphatic heterocycles. The molecule has 0 spiro atoms. The average Bonchev–Trinajstić information content (AvgIpc) is 1.54. The first-order chi connectivity index (χ1) is 48.0. The third-order valence-corrected chi connectivity index (χ3v) is 20.3.